The van der Waals surface area contributed by atoms with E-state index in [4.69, 9.17) is 4.74 Å². The molecule has 0 aliphatic rings. The first-order valence-electron chi connectivity index (χ1n) is 6.39. The van der Waals surface area contributed by atoms with E-state index in [1.165, 1.54) is 6.92 Å². The second-order valence-corrected chi connectivity index (χ2v) is 4.52. The number of hydrogen-bond acceptors (Lipinski definition) is 3. The lowest BCUT2D eigenvalue weighted by Crippen LogP contribution is -2.06. The van der Waals surface area contributed by atoms with Gasteiger partial charge in [-0.3, -0.25) is 4.79 Å². The third-order valence-electron chi connectivity index (χ3n) is 2.79. The Morgan fingerprint density at radius 2 is 1.80 bits per heavy atom. The number of aliphatic hydroxyl groups is 1. The largest absolute Gasteiger partial charge is 0.455 e. The van der Waals surface area contributed by atoms with Crippen molar-refractivity contribution in [1.82, 2.24) is 0 Å². The highest BCUT2D eigenvalue weighted by Gasteiger charge is 2.06. The predicted octanol–water partition coefficient (Wildman–Crippen LogP) is 3.49. The molecule has 4 nitrogen and oxygen atoms in total. The molecule has 1 amide bonds. The van der Waals surface area contributed by atoms with Crippen LogP contribution in [0.4, 0.5) is 5.69 Å². The number of carbonyl (C=O) groups excluding carboxylic acids is 1. The SMILES string of the molecule is CC(=O)Nc1ccccc1Oc1ccc([C@@H](C)O)cc1. The van der Waals surface area contributed by atoms with Gasteiger partial charge in [0.25, 0.3) is 0 Å². The number of anilines is 1. The minimum absolute atomic E-state index is 0.148. The lowest BCUT2D eigenvalue weighted by Gasteiger charge is -2.12. The van der Waals surface area contributed by atoms with E-state index in [9.17, 15) is 9.90 Å². The van der Waals surface area contributed by atoms with Crippen LogP contribution in [0.5, 0.6) is 11.5 Å². The molecule has 0 fully saturated rings. The third-order valence-corrected chi connectivity index (χ3v) is 2.79. The fourth-order valence-electron chi connectivity index (χ4n) is 1.79. The number of aliphatic hydroxyl groups excluding tert-OH is 1. The Balaban J connectivity index is 2.19. The van der Waals surface area contributed by atoms with Crippen LogP contribution in [-0.4, -0.2) is 11.0 Å². The molecule has 0 aliphatic carbocycles. The summed E-state index contributed by atoms with van der Waals surface area (Å²) in [5.74, 6) is 1.07. The molecule has 0 saturated heterocycles. The number of rotatable bonds is 4. The van der Waals surface area contributed by atoms with Crippen LogP contribution < -0.4 is 10.1 Å². The van der Waals surface area contributed by atoms with Crippen LogP contribution in [-0.2, 0) is 4.79 Å². The fraction of sp³-hybridized carbons (Fsp3) is 0.188. The number of amides is 1. The maximum absolute atomic E-state index is 11.1. The topological polar surface area (TPSA) is 58.6 Å². The van der Waals surface area contributed by atoms with Gasteiger partial charge < -0.3 is 15.2 Å². The van der Waals surface area contributed by atoms with Gasteiger partial charge in [0.05, 0.1) is 11.8 Å². The van der Waals surface area contributed by atoms with Crippen LogP contribution in [0.15, 0.2) is 48.5 Å². The molecule has 2 aromatic rings. The van der Waals surface area contributed by atoms with Crippen molar-refractivity contribution in [2.75, 3.05) is 5.32 Å². The van der Waals surface area contributed by atoms with Crippen molar-refractivity contribution in [2.24, 2.45) is 0 Å². The van der Waals surface area contributed by atoms with Crippen molar-refractivity contribution < 1.29 is 14.6 Å². The highest BCUT2D eigenvalue weighted by atomic mass is 16.5. The molecule has 0 unspecified atom stereocenters. The zero-order valence-corrected chi connectivity index (χ0v) is 11.5. The summed E-state index contributed by atoms with van der Waals surface area (Å²) < 4.78 is 5.75. The summed E-state index contributed by atoms with van der Waals surface area (Å²) in [6, 6.07) is 14.4. The van der Waals surface area contributed by atoms with Gasteiger partial charge in [-0.15, -0.1) is 0 Å². The lowest BCUT2D eigenvalue weighted by molar-refractivity contribution is -0.114. The molecule has 0 aromatic heterocycles. The fourth-order valence-corrected chi connectivity index (χ4v) is 1.79. The number of para-hydroxylation sites is 2. The Morgan fingerprint density at radius 1 is 1.15 bits per heavy atom. The monoisotopic (exact) mass is 271 g/mol. The molecule has 2 aromatic carbocycles. The van der Waals surface area contributed by atoms with E-state index in [2.05, 4.69) is 5.32 Å². The highest BCUT2D eigenvalue weighted by Crippen LogP contribution is 2.29. The van der Waals surface area contributed by atoms with Gasteiger partial charge in [-0.25, -0.2) is 0 Å². The first-order valence-corrected chi connectivity index (χ1v) is 6.39. The highest BCUT2D eigenvalue weighted by molar-refractivity contribution is 5.90. The molecule has 0 bridgehead atoms. The van der Waals surface area contributed by atoms with Crippen molar-refractivity contribution in [3.8, 4) is 11.5 Å². The Labute approximate surface area is 118 Å². The predicted molar refractivity (Wildman–Crippen MR) is 77.9 cm³/mol. The van der Waals surface area contributed by atoms with Crippen LogP contribution in [0.2, 0.25) is 0 Å². The Kier molecular flexibility index (Phi) is 4.38. The number of nitrogens with one attached hydrogen (secondary N) is 1. The standard InChI is InChI=1S/C16H17NO3/c1-11(18)13-7-9-14(10-8-13)20-16-6-4-3-5-15(16)17-12(2)19/h3-11,18H,1-2H3,(H,17,19)/t11-/m1/s1. The number of benzene rings is 2. The minimum Gasteiger partial charge on any atom is -0.455 e. The zero-order valence-electron chi connectivity index (χ0n) is 11.5. The van der Waals surface area contributed by atoms with E-state index in [0.717, 1.165) is 5.56 Å². The van der Waals surface area contributed by atoms with Gasteiger partial charge in [0.15, 0.2) is 5.75 Å². The maximum Gasteiger partial charge on any atom is 0.221 e. The molecular weight excluding hydrogens is 254 g/mol. The molecule has 104 valence electrons. The molecule has 0 aliphatic heterocycles. The van der Waals surface area contributed by atoms with E-state index >= 15 is 0 Å². The van der Waals surface area contributed by atoms with Crippen molar-refractivity contribution >= 4 is 11.6 Å². The van der Waals surface area contributed by atoms with Crippen molar-refractivity contribution in [3.63, 3.8) is 0 Å². The van der Waals surface area contributed by atoms with Crippen LogP contribution in [0.3, 0.4) is 0 Å². The van der Waals surface area contributed by atoms with Crippen molar-refractivity contribution in [1.29, 1.82) is 0 Å². The summed E-state index contributed by atoms with van der Waals surface area (Å²) in [5.41, 5.74) is 1.45. The summed E-state index contributed by atoms with van der Waals surface area (Å²) in [4.78, 5) is 11.1. The average molecular weight is 271 g/mol. The van der Waals surface area contributed by atoms with Crippen LogP contribution >= 0.6 is 0 Å². The molecule has 0 heterocycles. The minimum atomic E-state index is -0.504. The zero-order chi connectivity index (χ0) is 14.5. The summed E-state index contributed by atoms with van der Waals surface area (Å²) in [7, 11) is 0. The third kappa shape index (κ3) is 3.59. The number of ether oxygens (including phenoxy) is 1. The Bertz CT molecular complexity index is 591. The molecule has 1 atom stereocenters. The van der Waals surface area contributed by atoms with E-state index in [0.29, 0.717) is 17.2 Å². The maximum atomic E-state index is 11.1. The van der Waals surface area contributed by atoms with Crippen molar-refractivity contribution in [2.45, 2.75) is 20.0 Å². The van der Waals surface area contributed by atoms with Gasteiger partial charge in [0.1, 0.15) is 5.75 Å². The van der Waals surface area contributed by atoms with Crippen LogP contribution in [0, 0.1) is 0 Å². The van der Waals surface area contributed by atoms with Crippen molar-refractivity contribution in [3.05, 3.63) is 54.1 Å². The lowest BCUT2D eigenvalue weighted by atomic mass is 10.1. The van der Waals surface area contributed by atoms with E-state index in [1.54, 1.807) is 43.3 Å². The first-order chi connectivity index (χ1) is 9.56. The van der Waals surface area contributed by atoms with E-state index < -0.39 is 6.10 Å². The molecule has 2 rings (SSSR count). The summed E-state index contributed by atoms with van der Waals surface area (Å²) in [6.45, 7) is 3.16. The van der Waals surface area contributed by atoms with E-state index in [-0.39, 0.29) is 5.91 Å². The van der Waals surface area contributed by atoms with Crippen LogP contribution in [0.25, 0.3) is 0 Å². The molecule has 4 heteroatoms. The first kappa shape index (κ1) is 14.1. The Morgan fingerprint density at radius 3 is 2.40 bits per heavy atom. The quantitative estimate of drug-likeness (QED) is 0.894. The molecule has 2 N–H and O–H groups in total. The average Bonchev–Trinajstić information content (AvgIpc) is 2.41. The van der Waals surface area contributed by atoms with Gasteiger partial charge in [-0.05, 0) is 36.8 Å². The van der Waals surface area contributed by atoms with Gasteiger partial charge in [-0.2, -0.15) is 0 Å². The second kappa shape index (κ2) is 6.21. The van der Waals surface area contributed by atoms with Gasteiger partial charge in [0, 0.05) is 6.92 Å². The normalized spacial score (nSPS) is 11.8. The summed E-state index contributed by atoms with van der Waals surface area (Å²) in [6.07, 6.45) is -0.504. The smallest absolute Gasteiger partial charge is 0.221 e. The summed E-state index contributed by atoms with van der Waals surface area (Å²) in [5, 5.41) is 12.2. The van der Waals surface area contributed by atoms with Gasteiger partial charge >= 0.3 is 0 Å². The molecule has 0 spiro atoms. The second-order valence-electron chi connectivity index (χ2n) is 4.52. The van der Waals surface area contributed by atoms with E-state index in [1.807, 2.05) is 12.1 Å². The molecule has 0 radical (unpaired) electrons. The molecular formula is C16H17NO3. The Hall–Kier alpha value is -2.33. The molecule has 0 saturated carbocycles. The van der Waals surface area contributed by atoms with Gasteiger partial charge in [0.2, 0.25) is 5.91 Å². The van der Waals surface area contributed by atoms with Gasteiger partial charge in [-0.1, -0.05) is 24.3 Å². The van der Waals surface area contributed by atoms with Crippen LogP contribution in [0.1, 0.15) is 25.5 Å². The summed E-state index contributed by atoms with van der Waals surface area (Å²) >= 11 is 0. The molecule has 20 heavy (non-hydrogen) atoms. The number of carbonyl (C=O) groups is 1. The number of hydrogen-bond donors (Lipinski definition) is 2.